The van der Waals surface area contributed by atoms with Crippen LogP contribution >= 0.6 is 34.8 Å². The van der Waals surface area contributed by atoms with Gasteiger partial charge in [0, 0.05) is 24.0 Å². The second-order valence-electron chi connectivity index (χ2n) is 12.6. The lowest BCUT2D eigenvalue weighted by molar-refractivity contribution is -0.140. The van der Waals surface area contributed by atoms with Gasteiger partial charge in [0.05, 0.1) is 20.6 Å². The van der Waals surface area contributed by atoms with Gasteiger partial charge in [0.2, 0.25) is 11.8 Å². The molecule has 1 atom stereocenters. The molecule has 1 saturated carbocycles. The van der Waals surface area contributed by atoms with Gasteiger partial charge in [-0.2, -0.15) is 0 Å². The predicted octanol–water partition coefficient (Wildman–Crippen LogP) is 8.55. The van der Waals surface area contributed by atoms with Crippen molar-refractivity contribution >= 4 is 62.3 Å². The Labute approximate surface area is 304 Å². The molecule has 1 aliphatic rings. The Morgan fingerprint density at radius 2 is 1.51 bits per heavy atom. The Balaban J connectivity index is 1.60. The van der Waals surface area contributed by atoms with Crippen molar-refractivity contribution in [3.05, 3.63) is 128 Å². The van der Waals surface area contributed by atoms with E-state index in [0.717, 1.165) is 47.5 Å². The molecular formula is C38H40Cl3N3O4S. The molecule has 0 aliphatic heterocycles. The van der Waals surface area contributed by atoms with Crippen molar-refractivity contribution in [1.82, 2.24) is 10.2 Å². The third kappa shape index (κ3) is 9.37. The summed E-state index contributed by atoms with van der Waals surface area (Å²) in [6, 6.07) is 24.9. The molecule has 0 spiro atoms. The molecule has 1 aliphatic carbocycles. The molecular weight excluding hydrogens is 701 g/mol. The highest BCUT2D eigenvalue weighted by atomic mass is 35.5. The molecule has 1 N–H and O–H groups in total. The van der Waals surface area contributed by atoms with Crippen molar-refractivity contribution in [1.29, 1.82) is 0 Å². The van der Waals surface area contributed by atoms with Crippen molar-refractivity contribution in [2.45, 2.75) is 75.9 Å². The summed E-state index contributed by atoms with van der Waals surface area (Å²) in [6.07, 6.45) is 5.10. The van der Waals surface area contributed by atoms with Crippen LogP contribution in [0.15, 0.2) is 95.9 Å². The highest BCUT2D eigenvalue weighted by molar-refractivity contribution is 7.92. The van der Waals surface area contributed by atoms with Crippen LogP contribution in [0.1, 0.15) is 54.4 Å². The van der Waals surface area contributed by atoms with Gasteiger partial charge in [-0.3, -0.25) is 13.9 Å². The van der Waals surface area contributed by atoms with Crippen molar-refractivity contribution < 1.29 is 18.0 Å². The molecule has 4 aromatic rings. The maximum Gasteiger partial charge on any atom is 0.264 e. The van der Waals surface area contributed by atoms with Crippen LogP contribution in [-0.4, -0.2) is 43.8 Å². The third-order valence-electron chi connectivity index (χ3n) is 8.89. The third-order valence-corrected chi connectivity index (χ3v) is 11.6. The Hall–Kier alpha value is -3.56. The lowest BCUT2D eigenvalue weighted by atomic mass is 9.94. The number of nitrogens with one attached hydrogen (secondary N) is 1. The first-order valence-corrected chi connectivity index (χ1v) is 18.9. The van der Waals surface area contributed by atoms with Gasteiger partial charge in [-0.1, -0.05) is 114 Å². The van der Waals surface area contributed by atoms with Crippen molar-refractivity contribution in [2.24, 2.45) is 0 Å². The quantitative estimate of drug-likeness (QED) is 0.158. The summed E-state index contributed by atoms with van der Waals surface area (Å²) in [7, 11) is -4.26. The van der Waals surface area contributed by atoms with Gasteiger partial charge >= 0.3 is 0 Å². The number of anilines is 1. The van der Waals surface area contributed by atoms with E-state index < -0.39 is 28.5 Å². The van der Waals surface area contributed by atoms with Gasteiger partial charge in [0.15, 0.2) is 0 Å². The fourth-order valence-corrected chi connectivity index (χ4v) is 8.09. The van der Waals surface area contributed by atoms with Crippen LogP contribution in [0.2, 0.25) is 15.1 Å². The van der Waals surface area contributed by atoms with Gasteiger partial charge in [-0.05, 0) is 79.8 Å². The Morgan fingerprint density at radius 1 is 0.816 bits per heavy atom. The first kappa shape index (κ1) is 36.7. The first-order chi connectivity index (χ1) is 23.4. The lowest BCUT2D eigenvalue weighted by Gasteiger charge is -2.35. The minimum absolute atomic E-state index is 0.00558. The first-order valence-electron chi connectivity index (χ1n) is 16.4. The molecule has 0 aromatic heterocycles. The number of aryl methyl sites for hydroxylation is 2. The summed E-state index contributed by atoms with van der Waals surface area (Å²) in [5.41, 5.74) is 3.26. The minimum Gasteiger partial charge on any atom is -0.352 e. The number of nitrogens with zero attached hydrogens (tertiary/aromatic N) is 2. The SMILES string of the molecule is Cc1ccc(S(=O)(=O)N(CC(=O)N(Cc2ccc(Cl)c(Cl)c2)[C@@H](Cc2ccccc2)C(=O)NC2CCCCC2)c2cc(Cl)ccc2C)cc1. The molecule has 2 amide bonds. The van der Waals surface area contributed by atoms with Crippen LogP contribution in [-0.2, 0) is 32.6 Å². The van der Waals surface area contributed by atoms with Crippen LogP contribution in [0, 0.1) is 13.8 Å². The van der Waals surface area contributed by atoms with Crippen LogP contribution in [0.4, 0.5) is 5.69 Å². The summed E-state index contributed by atoms with van der Waals surface area (Å²) in [5.74, 6) is -0.864. The summed E-state index contributed by atoms with van der Waals surface area (Å²) in [5, 5.41) is 4.19. The zero-order valence-corrected chi connectivity index (χ0v) is 30.6. The lowest BCUT2D eigenvalue weighted by Crippen LogP contribution is -2.55. The minimum atomic E-state index is -4.26. The molecule has 0 radical (unpaired) electrons. The van der Waals surface area contributed by atoms with Gasteiger partial charge < -0.3 is 10.2 Å². The molecule has 49 heavy (non-hydrogen) atoms. The zero-order valence-electron chi connectivity index (χ0n) is 27.5. The number of rotatable bonds is 12. The van der Waals surface area contributed by atoms with Crippen LogP contribution in [0.25, 0.3) is 0 Å². The van der Waals surface area contributed by atoms with Crippen molar-refractivity contribution in [2.75, 3.05) is 10.8 Å². The maximum absolute atomic E-state index is 14.8. The average molecular weight is 741 g/mol. The summed E-state index contributed by atoms with van der Waals surface area (Å²) in [4.78, 5) is 30.5. The van der Waals surface area contributed by atoms with Gasteiger partial charge in [0.1, 0.15) is 12.6 Å². The van der Waals surface area contributed by atoms with Crippen molar-refractivity contribution in [3.63, 3.8) is 0 Å². The topological polar surface area (TPSA) is 86.8 Å². The van der Waals surface area contributed by atoms with E-state index >= 15 is 0 Å². The number of benzene rings is 4. The Kier molecular flexibility index (Phi) is 12.3. The van der Waals surface area contributed by atoms with E-state index in [-0.39, 0.29) is 35.5 Å². The number of carbonyl (C=O) groups excluding carboxylic acids is 2. The molecule has 0 unspecified atom stereocenters. The largest absolute Gasteiger partial charge is 0.352 e. The predicted molar refractivity (Wildman–Crippen MR) is 198 cm³/mol. The standard InChI is InChI=1S/C38H40Cl3N3O4S/c1-26-13-18-32(19-14-26)49(47,48)44(35-23-30(39)17-15-27(35)2)25-37(45)43(24-29-16-20-33(40)34(41)21-29)36(22-28-9-5-3-6-10-28)38(46)42-31-11-7-4-8-12-31/h3,5-6,9-10,13-21,23,31,36H,4,7-8,11-12,22,24-25H2,1-2H3,(H,42,46)/t36-/m0/s1. The molecule has 0 saturated heterocycles. The number of sulfonamides is 1. The molecule has 11 heteroatoms. The van der Waals surface area contributed by atoms with E-state index in [1.807, 2.05) is 37.3 Å². The number of carbonyl (C=O) groups is 2. The Morgan fingerprint density at radius 3 is 2.18 bits per heavy atom. The molecule has 0 bridgehead atoms. The van der Waals surface area contributed by atoms with Crippen LogP contribution < -0.4 is 9.62 Å². The number of halogens is 3. The van der Waals surface area contributed by atoms with E-state index in [0.29, 0.717) is 26.2 Å². The smallest absolute Gasteiger partial charge is 0.264 e. The highest BCUT2D eigenvalue weighted by Crippen LogP contribution is 2.31. The number of hydrogen-bond acceptors (Lipinski definition) is 4. The summed E-state index contributed by atoms with van der Waals surface area (Å²) >= 11 is 19.0. The highest BCUT2D eigenvalue weighted by Gasteiger charge is 2.36. The van der Waals surface area contributed by atoms with E-state index in [1.165, 1.54) is 23.1 Å². The maximum atomic E-state index is 14.8. The monoisotopic (exact) mass is 739 g/mol. The number of hydrogen-bond donors (Lipinski definition) is 1. The molecule has 1 fully saturated rings. The number of amides is 2. The van der Waals surface area contributed by atoms with Gasteiger partial charge in [-0.25, -0.2) is 8.42 Å². The molecule has 258 valence electrons. The van der Waals surface area contributed by atoms with Gasteiger partial charge in [-0.15, -0.1) is 0 Å². The summed E-state index contributed by atoms with van der Waals surface area (Å²) < 4.78 is 29.8. The van der Waals surface area contributed by atoms with E-state index in [1.54, 1.807) is 49.4 Å². The fraction of sp³-hybridized carbons (Fsp3) is 0.316. The fourth-order valence-electron chi connectivity index (χ4n) is 6.13. The van der Waals surface area contributed by atoms with Crippen LogP contribution in [0.5, 0.6) is 0 Å². The van der Waals surface area contributed by atoms with E-state index in [2.05, 4.69) is 5.32 Å². The van der Waals surface area contributed by atoms with E-state index in [9.17, 15) is 18.0 Å². The second-order valence-corrected chi connectivity index (χ2v) is 15.7. The molecule has 7 nitrogen and oxygen atoms in total. The van der Waals surface area contributed by atoms with Crippen LogP contribution in [0.3, 0.4) is 0 Å². The average Bonchev–Trinajstić information content (AvgIpc) is 3.09. The van der Waals surface area contributed by atoms with Crippen molar-refractivity contribution in [3.8, 4) is 0 Å². The Bertz CT molecular complexity index is 1880. The van der Waals surface area contributed by atoms with Gasteiger partial charge in [0.25, 0.3) is 10.0 Å². The molecule has 4 aromatic carbocycles. The van der Waals surface area contributed by atoms with E-state index in [4.69, 9.17) is 34.8 Å². The molecule has 0 heterocycles. The second kappa shape index (κ2) is 16.4. The zero-order chi connectivity index (χ0) is 35.1. The molecule has 5 rings (SSSR count). The normalized spacial score (nSPS) is 14.2. The summed E-state index contributed by atoms with van der Waals surface area (Å²) in [6.45, 7) is 3.03.